The van der Waals surface area contributed by atoms with E-state index in [2.05, 4.69) is 0 Å². The number of carbonyl (C=O) groups excluding carboxylic acids is 1. The normalized spacial score (nSPS) is 13.5. The molecule has 17 heavy (non-hydrogen) atoms. The topological polar surface area (TPSA) is 70.1 Å². The molecule has 0 saturated heterocycles. The van der Waals surface area contributed by atoms with Crippen LogP contribution >= 0.6 is 0 Å². The van der Waals surface area contributed by atoms with Crippen molar-refractivity contribution < 1.29 is 4.79 Å². The molecule has 4 heteroatoms. The van der Waals surface area contributed by atoms with Gasteiger partial charge in [0.05, 0.1) is 12.5 Å². The molecular formula is C13H17N3O. The van der Waals surface area contributed by atoms with Crippen molar-refractivity contribution in [2.45, 2.75) is 25.4 Å². The minimum absolute atomic E-state index is 0.123. The van der Waals surface area contributed by atoms with E-state index in [1.54, 1.807) is 7.05 Å². The van der Waals surface area contributed by atoms with Crippen LogP contribution in [0.25, 0.3) is 0 Å². The van der Waals surface area contributed by atoms with Crippen molar-refractivity contribution in [2.24, 2.45) is 5.73 Å². The van der Waals surface area contributed by atoms with E-state index in [9.17, 15) is 4.79 Å². The maximum Gasteiger partial charge on any atom is 0.244 e. The summed E-state index contributed by atoms with van der Waals surface area (Å²) in [5.74, 6) is -0.168. The van der Waals surface area contributed by atoms with E-state index in [4.69, 9.17) is 11.0 Å². The molecule has 0 radical (unpaired) electrons. The van der Waals surface area contributed by atoms with Crippen molar-refractivity contribution in [3.8, 4) is 6.07 Å². The number of likely N-dealkylation sites (N-methyl/N-ethyl adjacent to an activating group) is 1. The average molecular weight is 231 g/mol. The van der Waals surface area contributed by atoms with Crippen LogP contribution in [-0.4, -0.2) is 23.9 Å². The molecule has 1 aromatic carbocycles. The number of hydrogen-bond donors (Lipinski definition) is 1. The second-order valence-corrected chi connectivity index (χ2v) is 4.05. The molecule has 1 aromatic rings. The Morgan fingerprint density at radius 3 is 2.59 bits per heavy atom. The van der Waals surface area contributed by atoms with Gasteiger partial charge in [-0.1, -0.05) is 30.3 Å². The fourth-order valence-corrected chi connectivity index (χ4v) is 1.51. The van der Waals surface area contributed by atoms with Gasteiger partial charge in [0.1, 0.15) is 6.04 Å². The minimum atomic E-state index is -0.664. The lowest BCUT2D eigenvalue weighted by Crippen LogP contribution is -2.40. The van der Waals surface area contributed by atoms with E-state index >= 15 is 0 Å². The van der Waals surface area contributed by atoms with Gasteiger partial charge in [-0.3, -0.25) is 4.79 Å². The Labute approximate surface area is 102 Å². The Morgan fingerprint density at radius 1 is 1.47 bits per heavy atom. The summed E-state index contributed by atoms with van der Waals surface area (Å²) in [4.78, 5) is 13.6. The predicted octanol–water partition coefficient (Wildman–Crippen LogP) is 1.45. The molecule has 1 amide bonds. The zero-order valence-corrected chi connectivity index (χ0v) is 10.1. The first-order valence-electron chi connectivity index (χ1n) is 5.52. The number of nitriles is 1. The zero-order valence-electron chi connectivity index (χ0n) is 10.1. The van der Waals surface area contributed by atoms with Crippen LogP contribution in [0, 0.1) is 11.3 Å². The van der Waals surface area contributed by atoms with Gasteiger partial charge < -0.3 is 10.6 Å². The van der Waals surface area contributed by atoms with E-state index < -0.39 is 6.04 Å². The number of nitrogens with two attached hydrogens (primary N) is 1. The lowest BCUT2D eigenvalue weighted by atomic mass is 10.1. The van der Waals surface area contributed by atoms with Crippen molar-refractivity contribution in [3.05, 3.63) is 35.9 Å². The summed E-state index contributed by atoms with van der Waals surface area (Å²) >= 11 is 0. The van der Waals surface area contributed by atoms with Crippen LogP contribution in [0.2, 0.25) is 0 Å². The first kappa shape index (κ1) is 13.2. The maximum atomic E-state index is 12.1. The monoisotopic (exact) mass is 231 g/mol. The van der Waals surface area contributed by atoms with Gasteiger partial charge in [-0.25, -0.2) is 0 Å². The molecule has 0 aliphatic heterocycles. The van der Waals surface area contributed by atoms with Gasteiger partial charge in [-0.05, 0) is 12.5 Å². The first-order chi connectivity index (χ1) is 8.07. The average Bonchev–Trinajstić information content (AvgIpc) is 2.37. The van der Waals surface area contributed by atoms with Crippen molar-refractivity contribution in [3.63, 3.8) is 0 Å². The molecule has 0 heterocycles. The molecule has 0 fully saturated rings. The highest BCUT2D eigenvalue weighted by atomic mass is 16.2. The van der Waals surface area contributed by atoms with Crippen LogP contribution in [0.5, 0.6) is 0 Å². The van der Waals surface area contributed by atoms with E-state index in [0.717, 1.165) is 5.56 Å². The van der Waals surface area contributed by atoms with Gasteiger partial charge in [-0.2, -0.15) is 5.26 Å². The summed E-state index contributed by atoms with van der Waals surface area (Å²) in [7, 11) is 1.67. The Balaban J connectivity index is 2.74. The molecule has 1 unspecified atom stereocenters. The van der Waals surface area contributed by atoms with Crippen LogP contribution < -0.4 is 5.73 Å². The summed E-state index contributed by atoms with van der Waals surface area (Å²) in [6, 6.07) is 10.5. The number of nitrogens with zero attached hydrogens (tertiary/aromatic N) is 2. The van der Waals surface area contributed by atoms with Gasteiger partial charge >= 0.3 is 0 Å². The molecule has 0 saturated carbocycles. The molecule has 0 bridgehead atoms. The fourth-order valence-electron chi connectivity index (χ4n) is 1.51. The third-order valence-corrected chi connectivity index (χ3v) is 2.82. The Hall–Kier alpha value is -1.86. The highest BCUT2D eigenvalue weighted by Crippen LogP contribution is 2.14. The van der Waals surface area contributed by atoms with Gasteiger partial charge in [0.2, 0.25) is 5.91 Å². The lowest BCUT2D eigenvalue weighted by molar-refractivity contribution is -0.133. The van der Waals surface area contributed by atoms with E-state index in [0.29, 0.717) is 6.42 Å². The SMILES string of the molecule is CC(CC#N)N(C)C(=O)[C@H](N)c1ccccc1. The van der Waals surface area contributed by atoms with E-state index in [-0.39, 0.29) is 11.9 Å². The molecule has 0 aromatic heterocycles. The number of rotatable bonds is 4. The molecular weight excluding hydrogens is 214 g/mol. The molecule has 1 rings (SSSR count). The van der Waals surface area contributed by atoms with Crippen LogP contribution in [0.3, 0.4) is 0 Å². The number of carbonyl (C=O) groups is 1. The number of hydrogen-bond acceptors (Lipinski definition) is 3. The fraction of sp³-hybridized carbons (Fsp3) is 0.385. The summed E-state index contributed by atoms with van der Waals surface area (Å²) in [6.07, 6.45) is 0.309. The van der Waals surface area contributed by atoms with Crippen molar-refractivity contribution in [2.75, 3.05) is 7.05 Å². The molecule has 0 aliphatic rings. The first-order valence-corrected chi connectivity index (χ1v) is 5.52. The molecule has 0 spiro atoms. The van der Waals surface area contributed by atoms with E-state index in [1.165, 1.54) is 4.90 Å². The third kappa shape index (κ3) is 3.30. The second kappa shape index (κ2) is 6.02. The summed E-state index contributed by atoms with van der Waals surface area (Å²) in [5, 5.41) is 8.60. The van der Waals surface area contributed by atoms with Gasteiger partial charge in [0.15, 0.2) is 0 Å². The molecule has 0 aliphatic carbocycles. The number of benzene rings is 1. The Kier molecular flexibility index (Phi) is 4.68. The molecule has 4 nitrogen and oxygen atoms in total. The minimum Gasteiger partial charge on any atom is -0.340 e. The lowest BCUT2D eigenvalue weighted by Gasteiger charge is -2.26. The van der Waals surface area contributed by atoms with Crippen LogP contribution in [-0.2, 0) is 4.79 Å². The highest BCUT2D eigenvalue weighted by Gasteiger charge is 2.22. The van der Waals surface area contributed by atoms with Crippen molar-refractivity contribution >= 4 is 5.91 Å². The van der Waals surface area contributed by atoms with Gasteiger partial charge in [0, 0.05) is 13.1 Å². The summed E-state index contributed by atoms with van der Waals surface area (Å²) < 4.78 is 0. The van der Waals surface area contributed by atoms with Crippen LogP contribution in [0.1, 0.15) is 24.9 Å². The third-order valence-electron chi connectivity index (χ3n) is 2.82. The van der Waals surface area contributed by atoms with Crippen molar-refractivity contribution in [1.29, 1.82) is 5.26 Å². The Morgan fingerprint density at radius 2 is 2.06 bits per heavy atom. The van der Waals surface area contributed by atoms with Crippen molar-refractivity contribution in [1.82, 2.24) is 4.90 Å². The maximum absolute atomic E-state index is 12.1. The number of amides is 1. The summed E-state index contributed by atoms with van der Waals surface area (Å²) in [6.45, 7) is 1.83. The second-order valence-electron chi connectivity index (χ2n) is 4.05. The van der Waals surface area contributed by atoms with Crippen LogP contribution in [0.15, 0.2) is 30.3 Å². The quantitative estimate of drug-likeness (QED) is 0.852. The summed E-state index contributed by atoms with van der Waals surface area (Å²) in [5.41, 5.74) is 6.68. The predicted molar refractivity (Wildman–Crippen MR) is 65.8 cm³/mol. The Bertz CT molecular complexity index is 410. The molecule has 90 valence electrons. The zero-order chi connectivity index (χ0) is 12.8. The smallest absolute Gasteiger partial charge is 0.244 e. The molecule has 2 N–H and O–H groups in total. The van der Waals surface area contributed by atoms with E-state index in [1.807, 2.05) is 43.3 Å². The van der Waals surface area contributed by atoms with Crippen LogP contribution in [0.4, 0.5) is 0 Å². The largest absolute Gasteiger partial charge is 0.340 e. The standard InChI is InChI=1S/C13H17N3O/c1-10(8-9-14)16(2)13(17)12(15)11-6-4-3-5-7-11/h3-7,10,12H,8,15H2,1-2H3/t10?,12-/m1/s1. The highest BCUT2D eigenvalue weighted by molar-refractivity contribution is 5.83. The molecule has 2 atom stereocenters. The van der Waals surface area contributed by atoms with Gasteiger partial charge in [0.25, 0.3) is 0 Å². The van der Waals surface area contributed by atoms with Gasteiger partial charge in [-0.15, -0.1) is 0 Å².